The molecule has 0 saturated carbocycles. The van der Waals surface area contributed by atoms with Gasteiger partial charge in [0.25, 0.3) is 11.8 Å². The summed E-state index contributed by atoms with van der Waals surface area (Å²) >= 11 is 0.997. The van der Waals surface area contributed by atoms with Crippen LogP contribution in [-0.2, 0) is 5.67 Å². The maximum atomic E-state index is 15.2. The molecule has 2 amide bonds. The fourth-order valence-corrected chi connectivity index (χ4v) is 4.18. The highest BCUT2D eigenvalue weighted by molar-refractivity contribution is 14.1. The first-order valence-corrected chi connectivity index (χ1v) is 11.9. The van der Waals surface area contributed by atoms with Gasteiger partial charge in [0.1, 0.15) is 11.5 Å². The Labute approximate surface area is 240 Å². The first-order chi connectivity index (χ1) is 19.3. The predicted molar refractivity (Wildman–Crippen MR) is 130 cm³/mol. The number of rotatable bonds is 7. The zero-order valence-corrected chi connectivity index (χ0v) is 22.1. The molecule has 0 aliphatic heterocycles. The molecule has 3 aromatic rings. The summed E-state index contributed by atoms with van der Waals surface area (Å²) in [7, 11) is 0. The number of amides is 2. The van der Waals surface area contributed by atoms with Gasteiger partial charge in [0.15, 0.2) is 11.6 Å². The Bertz CT molecular complexity index is 1480. The molecular formula is C24H12F11IN2O4. The van der Waals surface area contributed by atoms with E-state index in [-0.39, 0.29) is 22.8 Å². The molecule has 226 valence electrons. The molecule has 42 heavy (non-hydrogen) atoms. The number of benzene rings is 3. The summed E-state index contributed by atoms with van der Waals surface area (Å²) in [4.78, 5) is 25.3. The van der Waals surface area contributed by atoms with Crippen LogP contribution in [0.15, 0.2) is 54.6 Å². The third-order valence-electron chi connectivity index (χ3n) is 5.42. The lowest BCUT2D eigenvalue weighted by Crippen LogP contribution is -2.50. The van der Waals surface area contributed by atoms with Gasteiger partial charge in [-0.25, -0.2) is 13.2 Å². The number of hydrogen-bond acceptors (Lipinski definition) is 4. The number of nitrogens with zero attached hydrogens (tertiary/aromatic N) is 1. The smallest absolute Gasteiger partial charge is 0.433 e. The number of carbonyl (C=O) groups excluding carboxylic acids is 2. The van der Waals surface area contributed by atoms with Gasteiger partial charge in [0.2, 0.25) is 0 Å². The number of hydroxylamine groups is 1. The second kappa shape index (κ2) is 11.9. The average molecular weight is 728 g/mol. The first-order valence-electron chi connectivity index (χ1n) is 10.8. The molecule has 3 aromatic carbocycles. The zero-order chi connectivity index (χ0) is 31.8. The van der Waals surface area contributed by atoms with E-state index >= 15 is 4.39 Å². The molecule has 18 heteroatoms. The van der Waals surface area contributed by atoms with E-state index in [2.05, 4.69) is 4.74 Å². The molecule has 0 spiro atoms. The van der Waals surface area contributed by atoms with Crippen molar-refractivity contribution in [3.63, 3.8) is 0 Å². The summed E-state index contributed by atoms with van der Waals surface area (Å²) in [6, 6.07) is 5.68. The molecule has 0 radical (unpaired) electrons. The largest absolute Gasteiger partial charge is 0.435 e. The summed E-state index contributed by atoms with van der Waals surface area (Å²) in [5.41, 5.74) is -11.5. The number of nitrogens with one attached hydrogen (secondary N) is 1. The van der Waals surface area contributed by atoms with Crippen molar-refractivity contribution < 1.29 is 67.8 Å². The van der Waals surface area contributed by atoms with Crippen LogP contribution in [0.5, 0.6) is 5.75 Å². The van der Waals surface area contributed by atoms with Gasteiger partial charge < -0.3 is 10.1 Å². The number of alkyl halides is 9. The Balaban J connectivity index is 2.04. The van der Waals surface area contributed by atoms with Gasteiger partial charge in [-0.3, -0.25) is 14.8 Å². The Morgan fingerprint density at radius 3 is 2.00 bits per heavy atom. The minimum atomic E-state index is -6.60. The van der Waals surface area contributed by atoms with Crippen LogP contribution in [0.25, 0.3) is 0 Å². The van der Waals surface area contributed by atoms with E-state index in [1.807, 2.05) is 0 Å². The van der Waals surface area contributed by atoms with E-state index in [4.69, 9.17) is 0 Å². The number of hydrogen-bond donors (Lipinski definition) is 2. The highest BCUT2D eigenvalue weighted by atomic mass is 127. The summed E-state index contributed by atoms with van der Waals surface area (Å²) in [6.07, 6.45) is -13.2. The van der Waals surface area contributed by atoms with Crippen molar-refractivity contribution in [1.82, 2.24) is 0 Å². The molecule has 0 aromatic heterocycles. The maximum Gasteiger partial charge on any atom is 0.435 e. The third-order valence-corrected chi connectivity index (χ3v) is 6.27. The minimum Gasteiger partial charge on any atom is -0.433 e. The number of anilines is 2. The van der Waals surface area contributed by atoms with Crippen molar-refractivity contribution in [2.24, 2.45) is 0 Å². The second-order valence-electron chi connectivity index (χ2n) is 8.08. The zero-order valence-electron chi connectivity index (χ0n) is 19.9. The van der Waals surface area contributed by atoms with E-state index in [9.17, 15) is 58.7 Å². The quantitative estimate of drug-likeness (QED) is 0.113. The van der Waals surface area contributed by atoms with Crippen LogP contribution in [-0.4, -0.2) is 36.0 Å². The fourth-order valence-electron chi connectivity index (χ4n) is 3.44. The van der Waals surface area contributed by atoms with Crippen LogP contribution in [0.2, 0.25) is 0 Å². The minimum absolute atomic E-state index is 0.0426. The third kappa shape index (κ3) is 6.37. The van der Waals surface area contributed by atoms with E-state index in [1.54, 1.807) is 5.32 Å². The molecule has 0 saturated heterocycles. The molecule has 0 heterocycles. The van der Waals surface area contributed by atoms with Crippen molar-refractivity contribution in [3.8, 4) is 5.75 Å². The molecule has 0 aliphatic rings. The van der Waals surface area contributed by atoms with Crippen molar-refractivity contribution >= 4 is 45.8 Å². The van der Waals surface area contributed by atoms with Crippen molar-refractivity contribution in [3.05, 3.63) is 86.5 Å². The van der Waals surface area contributed by atoms with Crippen molar-refractivity contribution in [1.29, 1.82) is 0 Å². The number of ether oxygens (including phenoxy) is 1. The SMILES string of the molecule is O=C(Nc1c(I)cc(C(F)(C(F)(F)F)C(F)(F)F)cc1OC(F)F)c1cccc(N(O)C(=O)c2ccc(F)cc2)c1F. The van der Waals surface area contributed by atoms with Crippen LogP contribution >= 0.6 is 22.6 Å². The summed E-state index contributed by atoms with van der Waals surface area (Å²) in [5.74, 6) is -6.74. The maximum absolute atomic E-state index is 15.2. The summed E-state index contributed by atoms with van der Waals surface area (Å²) in [6.45, 7) is -3.89. The van der Waals surface area contributed by atoms with Gasteiger partial charge in [0.05, 0.1) is 11.3 Å². The molecule has 6 nitrogen and oxygen atoms in total. The lowest BCUT2D eigenvalue weighted by molar-refractivity contribution is -0.348. The van der Waals surface area contributed by atoms with Gasteiger partial charge in [0, 0.05) is 14.7 Å². The van der Waals surface area contributed by atoms with E-state index < -0.39 is 79.9 Å². The summed E-state index contributed by atoms with van der Waals surface area (Å²) < 4.78 is 151. The molecule has 0 atom stereocenters. The van der Waals surface area contributed by atoms with Crippen LogP contribution in [0.1, 0.15) is 26.3 Å². The van der Waals surface area contributed by atoms with Gasteiger partial charge >= 0.3 is 24.6 Å². The fraction of sp³-hybridized carbons (Fsp3) is 0.167. The van der Waals surface area contributed by atoms with Crippen LogP contribution in [0, 0.1) is 15.2 Å². The molecular weight excluding hydrogens is 716 g/mol. The van der Waals surface area contributed by atoms with Gasteiger partial charge in [-0.1, -0.05) is 6.07 Å². The molecule has 0 aliphatic carbocycles. The normalized spacial score (nSPS) is 12.3. The Kier molecular flexibility index (Phi) is 9.30. The topological polar surface area (TPSA) is 78.9 Å². The highest BCUT2D eigenvalue weighted by Gasteiger charge is 2.73. The van der Waals surface area contributed by atoms with E-state index in [0.29, 0.717) is 0 Å². The Morgan fingerprint density at radius 1 is 0.905 bits per heavy atom. The standard InChI is InChI=1S/C24H12F11IN2O4/c25-12-6-4-10(5-7-12)20(40)38(41)15-3-1-2-13(17(15)26)19(39)37-18-14(36)8-11(9-16(18)42-21(27)28)22(29,23(30,31)32)24(33,34)35/h1-9,21,41H,(H,37,39). The number of carbonyl (C=O) groups is 2. The molecule has 2 N–H and O–H groups in total. The van der Waals surface area contributed by atoms with Gasteiger partial charge in [-0.2, -0.15) is 40.2 Å². The Hall–Kier alpha value is -3.68. The first kappa shape index (κ1) is 32.8. The molecule has 0 bridgehead atoms. The Morgan fingerprint density at radius 2 is 1.48 bits per heavy atom. The van der Waals surface area contributed by atoms with Gasteiger partial charge in [-0.15, -0.1) is 0 Å². The van der Waals surface area contributed by atoms with E-state index in [0.717, 1.165) is 65.1 Å². The lowest BCUT2D eigenvalue weighted by atomic mass is 9.93. The van der Waals surface area contributed by atoms with Crippen LogP contribution in [0.3, 0.4) is 0 Å². The van der Waals surface area contributed by atoms with Crippen LogP contribution in [0.4, 0.5) is 59.7 Å². The molecule has 3 rings (SSSR count). The lowest BCUT2D eigenvalue weighted by Gasteiger charge is -2.31. The second-order valence-corrected chi connectivity index (χ2v) is 9.24. The monoisotopic (exact) mass is 728 g/mol. The van der Waals surface area contributed by atoms with Gasteiger partial charge in [-0.05, 0) is 71.1 Å². The van der Waals surface area contributed by atoms with E-state index in [1.165, 1.54) is 0 Å². The average Bonchev–Trinajstić information content (AvgIpc) is 2.88. The van der Waals surface area contributed by atoms with Crippen LogP contribution < -0.4 is 15.1 Å². The summed E-state index contributed by atoms with van der Waals surface area (Å²) in [5, 5.41) is 11.7. The highest BCUT2D eigenvalue weighted by Crippen LogP contribution is 2.54. The van der Waals surface area contributed by atoms with Crippen molar-refractivity contribution in [2.75, 3.05) is 10.4 Å². The molecule has 0 fully saturated rings. The van der Waals surface area contributed by atoms with Crippen molar-refractivity contribution in [2.45, 2.75) is 24.6 Å². The number of halogens is 12. The predicted octanol–water partition coefficient (Wildman–Crippen LogP) is 7.75. The molecule has 0 unspecified atom stereocenters.